The van der Waals surface area contributed by atoms with Crippen LogP contribution in [0, 0.1) is 23.2 Å². The summed E-state index contributed by atoms with van der Waals surface area (Å²) < 4.78 is 5.17. The third-order valence-electron chi connectivity index (χ3n) is 2.88. The van der Waals surface area contributed by atoms with Gasteiger partial charge in [-0.1, -0.05) is 19.1 Å². The number of ether oxygens (including phenoxy) is 1. The average molecular weight is 215 g/mol. The molecule has 1 saturated carbocycles. The molecule has 2 atom stereocenters. The molecule has 82 valence electrons. The molecule has 0 N–H and O–H groups in total. The van der Waals surface area contributed by atoms with Crippen LogP contribution in [0.2, 0.25) is 0 Å². The molecule has 0 aliphatic heterocycles. The highest BCUT2D eigenvalue weighted by molar-refractivity contribution is 5.75. The van der Waals surface area contributed by atoms with Crippen molar-refractivity contribution in [2.24, 2.45) is 11.8 Å². The van der Waals surface area contributed by atoms with E-state index in [1.807, 2.05) is 25.1 Å². The van der Waals surface area contributed by atoms with Gasteiger partial charge >= 0.3 is 5.97 Å². The van der Waals surface area contributed by atoms with Crippen molar-refractivity contribution < 1.29 is 9.53 Å². The fraction of sp³-hybridized carbons (Fsp3) is 0.385. The molecule has 0 heterocycles. The molecule has 1 aliphatic rings. The summed E-state index contributed by atoms with van der Waals surface area (Å²) >= 11 is 0. The number of benzene rings is 1. The van der Waals surface area contributed by atoms with Gasteiger partial charge in [-0.15, -0.1) is 0 Å². The Morgan fingerprint density at radius 3 is 2.62 bits per heavy atom. The summed E-state index contributed by atoms with van der Waals surface area (Å²) in [6, 6.07) is 9.11. The van der Waals surface area contributed by atoms with Crippen molar-refractivity contribution in [3.8, 4) is 6.07 Å². The summed E-state index contributed by atoms with van der Waals surface area (Å²) in [5.41, 5.74) is 1.53. The molecule has 0 saturated heterocycles. The van der Waals surface area contributed by atoms with Crippen LogP contribution in [0.3, 0.4) is 0 Å². The van der Waals surface area contributed by atoms with Gasteiger partial charge in [0, 0.05) is 0 Å². The summed E-state index contributed by atoms with van der Waals surface area (Å²) in [7, 11) is 0. The van der Waals surface area contributed by atoms with Crippen molar-refractivity contribution in [2.75, 3.05) is 0 Å². The van der Waals surface area contributed by atoms with Gasteiger partial charge in [-0.3, -0.25) is 4.79 Å². The number of nitrogens with zero attached hydrogens (tertiary/aromatic N) is 1. The lowest BCUT2D eigenvalue weighted by molar-refractivity contribution is -0.146. The van der Waals surface area contributed by atoms with Crippen molar-refractivity contribution >= 4 is 5.97 Å². The molecular formula is C13H13NO2. The Bertz CT molecular complexity index is 430. The van der Waals surface area contributed by atoms with Gasteiger partial charge in [-0.2, -0.15) is 5.26 Å². The summed E-state index contributed by atoms with van der Waals surface area (Å²) in [4.78, 5) is 11.4. The van der Waals surface area contributed by atoms with E-state index in [2.05, 4.69) is 0 Å². The summed E-state index contributed by atoms with van der Waals surface area (Å²) in [6.07, 6.45) is 0.951. The minimum atomic E-state index is -0.100. The zero-order chi connectivity index (χ0) is 11.5. The molecule has 16 heavy (non-hydrogen) atoms. The molecule has 1 aromatic carbocycles. The predicted molar refractivity (Wildman–Crippen MR) is 58.2 cm³/mol. The number of hydrogen-bond donors (Lipinski definition) is 0. The van der Waals surface area contributed by atoms with E-state index in [9.17, 15) is 4.79 Å². The minimum absolute atomic E-state index is 0.100. The number of rotatable bonds is 3. The molecule has 0 bridgehead atoms. The number of esters is 1. The van der Waals surface area contributed by atoms with E-state index in [1.165, 1.54) is 0 Å². The molecule has 0 amide bonds. The topological polar surface area (TPSA) is 50.1 Å². The van der Waals surface area contributed by atoms with Crippen LogP contribution in [0.4, 0.5) is 0 Å². The van der Waals surface area contributed by atoms with Crippen molar-refractivity contribution in [1.29, 1.82) is 5.26 Å². The molecule has 3 heteroatoms. The maximum atomic E-state index is 11.4. The molecule has 1 fully saturated rings. The van der Waals surface area contributed by atoms with Gasteiger partial charge in [0.05, 0.1) is 17.6 Å². The summed E-state index contributed by atoms with van der Waals surface area (Å²) in [6.45, 7) is 2.35. The van der Waals surface area contributed by atoms with Crippen molar-refractivity contribution in [2.45, 2.75) is 20.0 Å². The molecular weight excluding hydrogens is 202 g/mol. The normalized spacial score (nSPS) is 22.2. The van der Waals surface area contributed by atoms with Crippen molar-refractivity contribution in [3.05, 3.63) is 35.4 Å². The zero-order valence-corrected chi connectivity index (χ0v) is 9.14. The summed E-state index contributed by atoms with van der Waals surface area (Å²) in [5.74, 6) is 0.490. The third kappa shape index (κ3) is 2.40. The van der Waals surface area contributed by atoms with Gasteiger partial charge in [-0.25, -0.2) is 0 Å². The zero-order valence-electron chi connectivity index (χ0n) is 9.14. The van der Waals surface area contributed by atoms with Crippen molar-refractivity contribution in [1.82, 2.24) is 0 Å². The fourth-order valence-corrected chi connectivity index (χ4v) is 1.59. The first kappa shape index (κ1) is 10.7. The van der Waals surface area contributed by atoms with Gasteiger partial charge in [0.1, 0.15) is 6.61 Å². The van der Waals surface area contributed by atoms with Crippen molar-refractivity contribution in [3.63, 3.8) is 0 Å². The van der Waals surface area contributed by atoms with Crippen LogP contribution in [0.25, 0.3) is 0 Å². The second-order valence-corrected chi connectivity index (χ2v) is 4.24. The van der Waals surface area contributed by atoms with Crippen LogP contribution in [0.5, 0.6) is 0 Å². The van der Waals surface area contributed by atoms with Crippen LogP contribution in [0.1, 0.15) is 24.5 Å². The standard InChI is InChI=1S/C13H13NO2/c1-9-6-12(9)13(15)16-8-11-4-2-10(7-14)3-5-11/h2-5,9,12H,6,8H2,1H3. The monoisotopic (exact) mass is 215 g/mol. The highest BCUT2D eigenvalue weighted by Crippen LogP contribution is 2.38. The van der Waals surface area contributed by atoms with E-state index in [4.69, 9.17) is 10.00 Å². The minimum Gasteiger partial charge on any atom is -0.461 e. The average Bonchev–Trinajstić information content (AvgIpc) is 3.04. The van der Waals surface area contributed by atoms with Crippen LogP contribution >= 0.6 is 0 Å². The first-order valence-corrected chi connectivity index (χ1v) is 5.36. The Labute approximate surface area is 94.6 Å². The molecule has 2 rings (SSSR count). The lowest BCUT2D eigenvalue weighted by atomic mass is 10.2. The maximum absolute atomic E-state index is 11.4. The molecule has 0 radical (unpaired) electrons. The van der Waals surface area contributed by atoms with Gasteiger partial charge in [-0.05, 0) is 30.0 Å². The largest absolute Gasteiger partial charge is 0.461 e. The van der Waals surface area contributed by atoms with E-state index in [1.54, 1.807) is 12.1 Å². The van der Waals surface area contributed by atoms with Crippen LogP contribution in [-0.2, 0) is 16.1 Å². The Kier molecular flexibility index (Phi) is 2.91. The first-order valence-electron chi connectivity index (χ1n) is 5.36. The Morgan fingerprint density at radius 1 is 1.50 bits per heavy atom. The Morgan fingerprint density at radius 2 is 2.12 bits per heavy atom. The van der Waals surface area contributed by atoms with E-state index >= 15 is 0 Å². The Hall–Kier alpha value is -1.82. The number of carbonyl (C=O) groups is 1. The molecule has 1 aliphatic carbocycles. The number of carbonyl (C=O) groups excluding carboxylic acids is 1. The highest BCUT2D eigenvalue weighted by atomic mass is 16.5. The molecule has 1 aromatic rings. The lowest BCUT2D eigenvalue weighted by Gasteiger charge is -2.04. The van der Waals surface area contributed by atoms with E-state index in [0.29, 0.717) is 18.1 Å². The highest BCUT2D eigenvalue weighted by Gasteiger charge is 2.40. The predicted octanol–water partition coefficient (Wildman–Crippen LogP) is 2.26. The quantitative estimate of drug-likeness (QED) is 0.726. The molecule has 3 nitrogen and oxygen atoms in total. The number of hydrogen-bond acceptors (Lipinski definition) is 3. The van der Waals surface area contributed by atoms with Gasteiger partial charge in [0.25, 0.3) is 0 Å². The van der Waals surface area contributed by atoms with E-state index in [-0.39, 0.29) is 11.9 Å². The van der Waals surface area contributed by atoms with Crippen LogP contribution < -0.4 is 0 Å². The second-order valence-electron chi connectivity index (χ2n) is 4.24. The maximum Gasteiger partial charge on any atom is 0.309 e. The number of nitriles is 1. The van der Waals surface area contributed by atoms with Crippen LogP contribution in [0.15, 0.2) is 24.3 Å². The SMILES string of the molecule is CC1CC1C(=O)OCc1ccc(C#N)cc1. The molecule has 0 spiro atoms. The smallest absolute Gasteiger partial charge is 0.309 e. The summed E-state index contributed by atoms with van der Waals surface area (Å²) in [5, 5.41) is 8.62. The van der Waals surface area contributed by atoms with Gasteiger partial charge in [0.2, 0.25) is 0 Å². The third-order valence-corrected chi connectivity index (χ3v) is 2.88. The van der Waals surface area contributed by atoms with Crippen LogP contribution in [-0.4, -0.2) is 5.97 Å². The Balaban J connectivity index is 1.85. The fourth-order valence-electron chi connectivity index (χ4n) is 1.59. The van der Waals surface area contributed by atoms with Gasteiger partial charge < -0.3 is 4.74 Å². The lowest BCUT2D eigenvalue weighted by Crippen LogP contribution is -2.07. The molecule has 2 unspecified atom stereocenters. The first-order chi connectivity index (χ1) is 7.70. The van der Waals surface area contributed by atoms with E-state index < -0.39 is 0 Å². The van der Waals surface area contributed by atoms with Gasteiger partial charge in [0.15, 0.2) is 0 Å². The second kappa shape index (κ2) is 4.36. The van der Waals surface area contributed by atoms with E-state index in [0.717, 1.165) is 12.0 Å². The molecule has 0 aromatic heterocycles.